The number of nitrogens with one attached hydrogen (secondary N) is 1. The highest BCUT2D eigenvalue weighted by atomic mass is 16.3. The third-order valence-electron chi connectivity index (χ3n) is 3.15. The minimum Gasteiger partial charge on any atom is -0.395 e. The second kappa shape index (κ2) is 4.77. The van der Waals surface area contributed by atoms with Gasteiger partial charge in [-0.15, -0.1) is 0 Å². The fourth-order valence-electron chi connectivity index (χ4n) is 2.00. The predicted octanol–water partition coefficient (Wildman–Crippen LogP) is 2.11. The van der Waals surface area contributed by atoms with Gasteiger partial charge in [0.15, 0.2) is 0 Å². The lowest BCUT2D eigenvalue weighted by atomic mass is 10.1. The fraction of sp³-hybridized carbons (Fsp3) is 0.538. The number of aliphatic hydroxyl groups is 1. The van der Waals surface area contributed by atoms with Crippen LogP contribution in [-0.4, -0.2) is 17.8 Å². The van der Waals surface area contributed by atoms with Crippen LogP contribution >= 0.6 is 0 Å². The van der Waals surface area contributed by atoms with Crippen LogP contribution in [0.2, 0.25) is 0 Å². The van der Waals surface area contributed by atoms with Crippen LogP contribution in [0, 0.1) is 5.92 Å². The van der Waals surface area contributed by atoms with Crippen LogP contribution < -0.4 is 5.32 Å². The van der Waals surface area contributed by atoms with Crippen molar-refractivity contribution >= 4 is 0 Å². The maximum atomic E-state index is 9.27. The van der Waals surface area contributed by atoms with Crippen LogP contribution in [0.3, 0.4) is 0 Å². The van der Waals surface area contributed by atoms with Gasteiger partial charge in [0.05, 0.1) is 6.61 Å². The molecule has 1 aliphatic rings. The van der Waals surface area contributed by atoms with Crippen molar-refractivity contribution < 1.29 is 5.11 Å². The zero-order valence-electron chi connectivity index (χ0n) is 9.19. The number of aliphatic hydroxyl groups excluding tert-OH is 1. The standard InChI is InChI=1S/C13H19NO/c1-10(11-5-3-2-4-6-11)14-13(9-15)12-7-8-12/h2-6,10,12-15H,7-9H2,1H3/t10-,13+/m0/s1. The van der Waals surface area contributed by atoms with E-state index in [-0.39, 0.29) is 12.6 Å². The van der Waals surface area contributed by atoms with Gasteiger partial charge in [0.2, 0.25) is 0 Å². The first kappa shape index (κ1) is 10.7. The molecule has 1 aromatic carbocycles. The molecule has 2 heteroatoms. The Morgan fingerprint density at radius 1 is 1.33 bits per heavy atom. The quantitative estimate of drug-likeness (QED) is 0.771. The molecule has 2 atom stereocenters. The van der Waals surface area contributed by atoms with Crippen molar-refractivity contribution in [3.05, 3.63) is 35.9 Å². The maximum Gasteiger partial charge on any atom is 0.0587 e. The van der Waals surface area contributed by atoms with E-state index in [0.29, 0.717) is 12.0 Å². The average Bonchev–Trinajstić information content (AvgIpc) is 3.10. The lowest BCUT2D eigenvalue weighted by Crippen LogP contribution is -2.36. The Labute approximate surface area is 91.3 Å². The molecule has 0 heterocycles. The summed E-state index contributed by atoms with van der Waals surface area (Å²) in [4.78, 5) is 0. The van der Waals surface area contributed by atoms with Crippen LogP contribution in [0.15, 0.2) is 30.3 Å². The lowest BCUT2D eigenvalue weighted by Gasteiger charge is -2.21. The molecule has 1 fully saturated rings. The number of benzene rings is 1. The van der Waals surface area contributed by atoms with E-state index in [4.69, 9.17) is 0 Å². The number of hydrogen-bond donors (Lipinski definition) is 2. The SMILES string of the molecule is C[C@H](N[C@H](CO)C1CC1)c1ccccc1. The minimum absolute atomic E-state index is 0.252. The summed E-state index contributed by atoms with van der Waals surface area (Å²) in [6, 6.07) is 11.0. The topological polar surface area (TPSA) is 32.3 Å². The number of hydrogen-bond acceptors (Lipinski definition) is 2. The Balaban J connectivity index is 1.93. The van der Waals surface area contributed by atoms with E-state index in [1.54, 1.807) is 0 Å². The van der Waals surface area contributed by atoms with E-state index in [1.807, 2.05) is 6.07 Å². The Morgan fingerprint density at radius 2 is 2.00 bits per heavy atom. The van der Waals surface area contributed by atoms with E-state index in [1.165, 1.54) is 18.4 Å². The fourth-order valence-corrected chi connectivity index (χ4v) is 2.00. The Morgan fingerprint density at radius 3 is 2.53 bits per heavy atom. The van der Waals surface area contributed by atoms with Gasteiger partial charge >= 0.3 is 0 Å². The average molecular weight is 205 g/mol. The van der Waals surface area contributed by atoms with Crippen molar-refractivity contribution in [3.63, 3.8) is 0 Å². The minimum atomic E-state index is 0.252. The molecule has 0 amide bonds. The molecule has 0 aliphatic heterocycles. The first-order valence-electron chi connectivity index (χ1n) is 5.73. The molecule has 82 valence electrons. The van der Waals surface area contributed by atoms with Gasteiger partial charge in [-0.2, -0.15) is 0 Å². The molecule has 0 aromatic heterocycles. The van der Waals surface area contributed by atoms with Crippen LogP contribution in [-0.2, 0) is 0 Å². The summed E-state index contributed by atoms with van der Waals surface area (Å²) in [5.41, 5.74) is 1.29. The summed E-state index contributed by atoms with van der Waals surface area (Å²) >= 11 is 0. The zero-order chi connectivity index (χ0) is 10.7. The molecule has 0 radical (unpaired) electrons. The Hall–Kier alpha value is -0.860. The van der Waals surface area contributed by atoms with Crippen molar-refractivity contribution in [2.45, 2.75) is 31.8 Å². The molecule has 0 bridgehead atoms. The lowest BCUT2D eigenvalue weighted by molar-refractivity contribution is 0.219. The van der Waals surface area contributed by atoms with Gasteiger partial charge in [0.25, 0.3) is 0 Å². The van der Waals surface area contributed by atoms with Crippen LogP contribution in [0.5, 0.6) is 0 Å². The molecule has 15 heavy (non-hydrogen) atoms. The van der Waals surface area contributed by atoms with Crippen LogP contribution in [0.1, 0.15) is 31.4 Å². The largest absolute Gasteiger partial charge is 0.395 e. The van der Waals surface area contributed by atoms with Gasteiger partial charge in [-0.3, -0.25) is 0 Å². The summed E-state index contributed by atoms with van der Waals surface area (Å²) in [7, 11) is 0. The number of rotatable bonds is 5. The van der Waals surface area contributed by atoms with Gasteiger partial charge in [0, 0.05) is 12.1 Å². The highest BCUT2D eigenvalue weighted by molar-refractivity contribution is 5.18. The monoisotopic (exact) mass is 205 g/mol. The second-order valence-electron chi connectivity index (χ2n) is 4.43. The predicted molar refractivity (Wildman–Crippen MR) is 61.6 cm³/mol. The molecule has 0 unspecified atom stereocenters. The molecular weight excluding hydrogens is 186 g/mol. The highest BCUT2D eigenvalue weighted by Gasteiger charge is 2.31. The van der Waals surface area contributed by atoms with Gasteiger partial charge in [-0.05, 0) is 31.2 Å². The molecule has 1 aromatic rings. The smallest absolute Gasteiger partial charge is 0.0587 e. The molecule has 2 rings (SSSR count). The molecule has 0 spiro atoms. The van der Waals surface area contributed by atoms with Gasteiger partial charge in [-0.1, -0.05) is 30.3 Å². The first-order valence-corrected chi connectivity index (χ1v) is 5.73. The van der Waals surface area contributed by atoms with Crippen LogP contribution in [0.4, 0.5) is 0 Å². The zero-order valence-corrected chi connectivity index (χ0v) is 9.19. The summed E-state index contributed by atoms with van der Waals surface area (Å²) in [6.45, 7) is 2.40. The summed E-state index contributed by atoms with van der Waals surface area (Å²) in [5, 5.41) is 12.8. The van der Waals surface area contributed by atoms with Crippen molar-refractivity contribution in [2.24, 2.45) is 5.92 Å². The third-order valence-corrected chi connectivity index (χ3v) is 3.15. The molecule has 2 N–H and O–H groups in total. The van der Waals surface area contributed by atoms with E-state index in [2.05, 4.69) is 36.5 Å². The molecular formula is C13H19NO. The van der Waals surface area contributed by atoms with E-state index < -0.39 is 0 Å². The molecule has 2 nitrogen and oxygen atoms in total. The van der Waals surface area contributed by atoms with Crippen molar-refractivity contribution in [1.29, 1.82) is 0 Å². The Kier molecular flexibility index (Phi) is 3.39. The van der Waals surface area contributed by atoms with Crippen molar-refractivity contribution in [3.8, 4) is 0 Å². The van der Waals surface area contributed by atoms with Gasteiger partial charge in [-0.25, -0.2) is 0 Å². The van der Waals surface area contributed by atoms with Gasteiger partial charge < -0.3 is 10.4 Å². The molecule has 1 saturated carbocycles. The van der Waals surface area contributed by atoms with E-state index >= 15 is 0 Å². The normalized spacial score (nSPS) is 19.9. The summed E-state index contributed by atoms with van der Waals surface area (Å²) in [5.74, 6) is 0.696. The molecule has 1 aliphatic carbocycles. The maximum absolute atomic E-state index is 9.27. The van der Waals surface area contributed by atoms with Gasteiger partial charge in [0.1, 0.15) is 0 Å². The third kappa shape index (κ3) is 2.80. The molecule has 0 saturated heterocycles. The first-order chi connectivity index (χ1) is 7.31. The summed E-state index contributed by atoms with van der Waals surface area (Å²) < 4.78 is 0. The highest BCUT2D eigenvalue weighted by Crippen LogP contribution is 2.33. The Bertz CT molecular complexity index is 295. The van der Waals surface area contributed by atoms with E-state index in [0.717, 1.165) is 0 Å². The second-order valence-corrected chi connectivity index (χ2v) is 4.43. The van der Waals surface area contributed by atoms with E-state index in [9.17, 15) is 5.11 Å². The van der Waals surface area contributed by atoms with Crippen LogP contribution in [0.25, 0.3) is 0 Å². The van der Waals surface area contributed by atoms with Crippen molar-refractivity contribution in [1.82, 2.24) is 5.32 Å². The summed E-state index contributed by atoms with van der Waals surface area (Å²) in [6.07, 6.45) is 2.53. The van der Waals surface area contributed by atoms with Crippen molar-refractivity contribution in [2.75, 3.05) is 6.61 Å².